The van der Waals surface area contributed by atoms with E-state index in [9.17, 15) is 19.5 Å². The average Bonchev–Trinajstić information content (AvgIpc) is 3.50. The third kappa shape index (κ3) is 4.22. The van der Waals surface area contributed by atoms with Crippen LogP contribution in [0.15, 0.2) is 30.3 Å². The molecule has 198 valence electrons. The third-order valence-corrected chi connectivity index (χ3v) is 8.47. The molecule has 3 N–H and O–H groups in total. The molecule has 3 heterocycles. The van der Waals surface area contributed by atoms with Gasteiger partial charge >= 0.3 is 0 Å². The van der Waals surface area contributed by atoms with Crippen molar-refractivity contribution in [2.75, 3.05) is 19.7 Å². The second-order valence-electron chi connectivity index (χ2n) is 10.5. The van der Waals surface area contributed by atoms with Crippen LogP contribution < -0.4 is 10.6 Å². The fourth-order valence-electron chi connectivity index (χ4n) is 6.76. The molecule has 0 radical (unpaired) electrons. The van der Waals surface area contributed by atoms with Gasteiger partial charge in [-0.3, -0.25) is 14.4 Å². The SMILES string of the molecule is CCCCCNC(=O)C1N([C@H](CO)c2ccccc2)C(=O)[C@@H]2[C@@H](C(=O)NCCC)[C@@]3(CC)CCC12O3. The number of ether oxygens (including phenoxy) is 1. The summed E-state index contributed by atoms with van der Waals surface area (Å²) in [6, 6.07) is 7.68. The Kier molecular flexibility index (Phi) is 8.05. The maximum Gasteiger partial charge on any atom is 0.245 e. The number of benzene rings is 1. The normalized spacial score (nSPS) is 31.4. The highest BCUT2D eigenvalue weighted by atomic mass is 16.5. The van der Waals surface area contributed by atoms with Crippen LogP contribution in [0.5, 0.6) is 0 Å². The summed E-state index contributed by atoms with van der Waals surface area (Å²) in [4.78, 5) is 43.1. The summed E-state index contributed by atoms with van der Waals surface area (Å²) in [6.45, 7) is 6.79. The summed E-state index contributed by atoms with van der Waals surface area (Å²) in [6.07, 6.45) is 5.43. The van der Waals surface area contributed by atoms with Crippen LogP contribution in [-0.2, 0) is 19.1 Å². The third-order valence-electron chi connectivity index (χ3n) is 8.47. The van der Waals surface area contributed by atoms with Gasteiger partial charge in [0.15, 0.2) is 0 Å². The van der Waals surface area contributed by atoms with E-state index in [1.165, 1.54) is 4.90 Å². The average molecular weight is 500 g/mol. The lowest BCUT2D eigenvalue weighted by atomic mass is 9.65. The highest BCUT2D eigenvalue weighted by Gasteiger charge is 2.79. The number of nitrogens with one attached hydrogen (secondary N) is 2. The number of fused-ring (bicyclic) bond motifs is 1. The van der Waals surface area contributed by atoms with Crippen molar-refractivity contribution in [3.63, 3.8) is 0 Å². The minimum absolute atomic E-state index is 0.178. The number of aliphatic hydroxyl groups excluding tert-OH is 1. The molecular weight excluding hydrogens is 458 g/mol. The highest BCUT2D eigenvalue weighted by molar-refractivity contribution is 5.99. The first-order valence-electron chi connectivity index (χ1n) is 13.6. The van der Waals surface area contributed by atoms with Gasteiger partial charge in [0.05, 0.1) is 30.1 Å². The molecule has 1 spiro atoms. The first-order chi connectivity index (χ1) is 17.4. The largest absolute Gasteiger partial charge is 0.394 e. The molecule has 0 saturated carbocycles. The Bertz CT molecular complexity index is 956. The first-order valence-corrected chi connectivity index (χ1v) is 13.6. The zero-order valence-electron chi connectivity index (χ0n) is 21.8. The maximum atomic E-state index is 14.3. The zero-order valence-corrected chi connectivity index (χ0v) is 21.8. The fourth-order valence-corrected chi connectivity index (χ4v) is 6.76. The Morgan fingerprint density at radius 1 is 1.06 bits per heavy atom. The van der Waals surface area contributed by atoms with Crippen molar-refractivity contribution in [3.05, 3.63) is 35.9 Å². The van der Waals surface area contributed by atoms with Crippen molar-refractivity contribution >= 4 is 17.7 Å². The number of nitrogens with zero attached hydrogens (tertiary/aromatic N) is 1. The van der Waals surface area contributed by atoms with Crippen molar-refractivity contribution in [2.45, 2.75) is 89.0 Å². The van der Waals surface area contributed by atoms with Crippen LogP contribution in [0.25, 0.3) is 0 Å². The van der Waals surface area contributed by atoms with E-state index in [1.807, 2.05) is 44.2 Å². The Morgan fingerprint density at radius 2 is 1.78 bits per heavy atom. The molecule has 1 aromatic rings. The summed E-state index contributed by atoms with van der Waals surface area (Å²) in [7, 11) is 0. The lowest BCUT2D eigenvalue weighted by Gasteiger charge is -2.37. The van der Waals surface area contributed by atoms with Crippen LogP contribution in [0.2, 0.25) is 0 Å². The van der Waals surface area contributed by atoms with E-state index < -0.39 is 35.1 Å². The number of likely N-dealkylation sites (tertiary alicyclic amines) is 1. The summed E-state index contributed by atoms with van der Waals surface area (Å²) in [5.41, 5.74) is -1.09. The van der Waals surface area contributed by atoms with E-state index in [0.717, 1.165) is 31.2 Å². The topological polar surface area (TPSA) is 108 Å². The predicted octanol–water partition coefficient (Wildman–Crippen LogP) is 2.71. The molecule has 3 amide bonds. The van der Waals surface area contributed by atoms with Crippen molar-refractivity contribution in [1.29, 1.82) is 0 Å². The maximum absolute atomic E-state index is 14.3. The van der Waals surface area contributed by atoms with E-state index in [-0.39, 0.29) is 24.3 Å². The molecule has 8 heteroatoms. The lowest BCUT2D eigenvalue weighted by molar-refractivity contribution is -0.151. The van der Waals surface area contributed by atoms with Crippen LogP contribution in [0.4, 0.5) is 0 Å². The molecule has 0 aromatic heterocycles. The van der Waals surface area contributed by atoms with E-state index in [1.54, 1.807) is 0 Å². The Balaban J connectivity index is 1.76. The predicted molar refractivity (Wildman–Crippen MR) is 136 cm³/mol. The smallest absolute Gasteiger partial charge is 0.245 e. The molecule has 3 fully saturated rings. The Hall–Kier alpha value is -2.45. The van der Waals surface area contributed by atoms with Crippen LogP contribution in [0.3, 0.4) is 0 Å². The van der Waals surface area contributed by atoms with Gasteiger partial charge in [0, 0.05) is 13.1 Å². The molecule has 36 heavy (non-hydrogen) atoms. The van der Waals surface area contributed by atoms with Gasteiger partial charge in [-0.2, -0.15) is 0 Å². The molecule has 3 saturated heterocycles. The number of aliphatic hydroxyl groups is 1. The second-order valence-corrected chi connectivity index (χ2v) is 10.5. The van der Waals surface area contributed by atoms with Crippen molar-refractivity contribution < 1.29 is 24.2 Å². The number of amides is 3. The molecule has 3 aliphatic heterocycles. The molecule has 8 nitrogen and oxygen atoms in total. The van der Waals surface area contributed by atoms with Gasteiger partial charge in [-0.1, -0.05) is 63.9 Å². The standard InChI is InChI=1S/C28H41N3O5/c1-4-7-11-17-30-25(34)23-28-15-14-27(6-3,36-28)21(24(33)29-16-5-2)22(28)26(35)31(23)20(18-32)19-12-9-8-10-13-19/h8-10,12-13,20-23,32H,4-7,11,14-18H2,1-3H3,(H,29,33)(H,30,34)/t20-,21+,22+,23?,27-,28?/m1/s1. The fraction of sp³-hybridized carbons (Fsp3) is 0.679. The second kappa shape index (κ2) is 10.9. The Labute approximate surface area is 214 Å². The molecule has 0 aliphatic carbocycles. The van der Waals surface area contributed by atoms with Crippen LogP contribution >= 0.6 is 0 Å². The summed E-state index contributed by atoms with van der Waals surface area (Å²) in [5.74, 6) is -2.14. The van der Waals surface area contributed by atoms with Crippen LogP contribution in [0.1, 0.15) is 77.3 Å². The van der Waals surface area contributed by atoms with Crippen molar-refractivity contribution in [1.82, 2.24) is 15.5 Å². The number of carbonyl (C=O) groups is 3. The van der Waals surface area contributed by atoms with E-state index in [4.69, 9.17) is 4.74 Å². The van der Waals surface area contributed by atoms with Crippen LogP contribution in [0, 0.1) is 11.8 Å². The van der Waals surface area contributed by atoms with Gasteiger partial charge < -0.3 is 25.4 Å². The molecule has 2 unspecified atom stereocenters. The summed E-state index contributed by atoms with van der Waals surface area (Å²) < 4.78 is 6.76. The van der Waals surface area contributed by atoms with Gasteiger partial charge in [0.2, 0.25) is 17.7 Å². The van der Waals surface area contributed by atoms with Gasteiger partial charge in [-0.15, -0.1) is 0 Å². The first kappa shape index (κ1) is 26.6. The lowest BCUT2D eigenvalue weighted by Crippen LogP contribution is -2.56. The number of carbonyl (C=O) groups excluding carboxylic acids is 3. The minimum Gasteiger partial charge on any atom is -0.394 e. The summed E-state index contributed by atoms with van der Waals surface area (Å²) in [5, 5.41) is 16.5. The zero-order chi connectivity index (χ0) is 25.9. The minimum atomic E-state index is -1.08. The molecule has 6 atom stereocenters. The van der Waals surface area contributed by atoms with Crippen LogP contribution in [-0.4, -0.2) is 64.7 Å². The van der Waals surface area contributed by atoms with Gasteiger partial charge in [-0.05, 0) is 37.7 Å². The van der Waals surface area contributed by atoms with E-state index in [2.05, 4.69) is 17.6 Å². The van der Waals surface area contributed by atoms with E-state index >= 15 is 0 Å². The molecule has 3 aliphatic rings. The van der Waals surface area contributed by atoms with E-state index in [0.29, 0.717) is 32.4 Å². The van der Waals surface area contributed by atoms with Crippen molar-refractivity contribution in [3.8, 4) is 0 Å². The van der Waals surface area contributed by atoms with Crippen molar-refractivity contribution in [2.24, 2.45) is 11.8 Å². The van der Waals surface area contributed by atoms with Gasteiger partial charge in [0.25, 0.3) is 0 Å². The number of rotatable bonds is 12. The number of unbranched alkanes of at least 4 members (excludes halogenated alkanes) is 2. The quantitative estimate of drug-likeness (QED) is 0.383. The molecule has 4 rings (SSSR count). The van der Waals surface area contributed by atoms with Gasteiger partial charge in [-0.25, -0.2) is 0 Å². The number of hydrogen-bond donors (Lipinski definition) is 3. The molecule has 1 aromatic carbocycles. The number of hydrogen-bond acceptors (Lipinski definition) is 5. The summed E-state index contributed by atoms with van der Waals surface area (Å²) >= 11 is 0. The molecule has 2 bridgehead atoms. The highest BCUT2D eigenvalue weighted by Crippen LogP contribution is 2.65. The molecular formula is C28H41N3O5. The monoisotopic (exact) mass is 499 g/mol. The van der Waals surface area contributed by atoms with Gasteiger partial charge in [0.1, 0.15) is 11.6 Å². The Morgan fingerprint density at radius 3 is 2.42 bits per heavy atom.